The van der Waals surface area contributed by atoms with Crippen molar-refractivity contribution in [2.75, 3.05) is 11.4 Å². The third-order valence-electron chi connectivity index (χ3n) is 3.21. The SMILES string of the molecule is CC1CCCCN1c1cc(C(F)(F)F)cc(Cl)n1. The summed E-state index contributed by atoms with van der Waals surface area (Å²) >= 11 is 5.69. The molecule has 0 aliphatic carbocycles. The topological polar surface area (TPSA) is 16.1 Å². The van der Waals surface area contributed by atoms with E-state index in [4.69, 9.17) is 11.6 Å². The molecule has 1 aliphatic heterocycles. The van der Waals surface area contributed by atoms with Gasteiger partial charge in [0.25, 0.3) is 0 Å². The maximum Gasteiger partial charge on any atom is 0.416 e. The van der Waals surface area contributed by atoms with Crippen LogP contribution >= 0.6 is 11.6 Å². The fourth-order valence-corrected chi connectivity index (χ4v) is 2.44. The van der Waals surface area contributed by atoms with E-state index in [2.05, 4.69) is 4.98 Å². The van der Waals surface area contributed by atoms with E-state index < -0.39 is 11.7 Å². The van der Waals surface area contributed by atoms with Gasteiger partial charge in [0.2, 0.25) is 0 Å². The van der Waals surface area contributed by atoms with Crippen LogP contribution in [0.3, 0.4) is 0 Å². The van der Waals surface area contributed by atoms with Crippen molar-refractivity contribution in [3.8, 4) is 0 Å². The van der Waals surface area contributed by atoms with E-state index in [0.717, 1.165) is 37.9 Å². The number of hydrogen-bond donors (Lipinski definition) is 0. The van der Waals surface area contributed by atoms with E-state index in [1.807, 2.05) is 11.8 Å². The first-order valence-electron chi connectivity index (χ1n) is 5.89. The Morgan fingerprint density at radius 1 is 1.33 bits per heavy atom. The second kappa shape index (κ2) is 4.96. The molecule has 1 aromatic heterocycles. The Balaban J connectivity index is 2.35. The minimum atomic E-state index is -4.39. The lowest BCUT2D eigenvalue weighted by atomic mass is 10.0. The summed E-state index contributed by atoms with van der Waals surface area (Å²) in [6.07, 6.45) is -1.35. The van der Waals surface area contributed by atoms with Crippen molar-refractivity contribution in [2.24, 2.45) is 0 Å². The van der Waals surface area contributed by atoms with Crippen LogP contribution in [0.5, 0.6) is 0 Å². The van der Waals surface area contributed by atoms with Crippen LogP contribution in [0.1, 0.15) is 31.7 Å². The normalized spacial score (nSPS) is 21.2. The molecule has 0 N–H and O–H groups in total. The molecule has 0 saturated carbocycles. The van der Waals surface area contributed by atoms with Gasteiger partial charge in [-0.25, -0.2) is 4.98 Å². The van der Waals surface area contributed by atoms with Crippen molar-refractivity contribution in [3.05, 3.63) is 22.8 Å². The zero-order valence-corrected chi connectivity index (χ0v) is 10.7. The van der Waals surface area contributed by atoms with Gasteiger partial charge < -0.3 is 4.90 Å². The molecule has 0 bridgehead atoms. The summed E-state index contributed by atoms with van der Waals surface area (Å²) in [4.78, 5) is 5.91. The molecule has 2 nitrogen and oxygen atoms in total. The molecule has 100 valence electrons. The number of piperidine rings is 1. The van der Waals surface area contributed by atoms with E-state index in [1.165, 1.54) is 0 Å². The summed E-state index contributed by atoms with van der Waals surface area (Å²) < 4.78 is 38.1. The number of rotatable bonds is 1. The van der Waals surface area contributed by atoms with E-state index in [-0.39, 0.29) is 11.2 Å². The van der Waals surface area contributed by atoms with Crippen LogP contribution < -0.4 is 4.90 Å². The van der Waals surface area contributed by atoms with Crippen molar-refractivity contribution in [3.63, 3.8) is 0 Å². The van der Waals surface area contributed by atoms with Gasteiger partial charge in [0.15, 0.2) is 0 Å². The summed E-state index contributed by atoms with van der Waals surface area (Å²) in [6, 6.07) is 2.14. The first-order chi connectivity index (χ1) is 8.38. The molecule has 0 amide bonds. The Morgan fingerprint density at radius 3 is 2.67 bits per heavy atom. The van der Waals surface area contributed by atoms with E-state index in [9.17, 15) is 13.2 Å². The van der Waals surface area contributed by atoms with E-state index >= 15 is 0 Å². The highest BCUT2D eigenvalue weighted by atomic mass is 35.5. The Morgan fingerprint density at radius 2 is 2.06 bits per heavy atom. The first kappa shape index (κ1) is 13.5. The van der Waals surface area contributed by atoms with Crippen molar-refractivity contribution in [1.82, 2.24) is 4.98 Å². The first-order valence-corrected chi connectivity index (χ1v) is 6.27. The molecule has 1 aromatic rings. The largest absolute Gasteiger partial charge is 0.416 e. The Labute approximate surface area is 109 Å². The minimum absolute atomic E-state index is 0.113. The standard InChI is InChI=1S/C12H14ClF3N2/c1-8-4-2-3-5-18(8)11-7-9(12(14,15)16)6-10(13)17-11/h6-8H,2-5H2,1H3. The maximum absolute atomic E-state index is 12.7. The monoisotopic (exact) mass is 278 g/mol. The fourth-order valence-electron chi connectivity index (χ4n) is 2.23. The second-order valence-corrected chi connectivity index (χ2v) is 4.96. The molecular weight excluding hydrogens is 265 g/mol. The summed E-state index contributed by atoms with van der Waals surface area (Å²) in [5, 5.41) is -0.113. The highest BCUT2D eigenvalue weighted by Gasteiger charge is 2.32. The quantitative estimate of drug-likeness (QED) is 0.718. The Bertz CT molecular complexity index is 434. The lowest BCUT2D eigenvalue weighted by Gasteiger charge is -2.34. The maximum atomic E-state index is 12.7. The number of alkyl halides is 3. The van der Waals surface area contributed by atoms with Crippen molar-refractivity contribution in [2.45, 2.75) is 38.4 Å². The molecule has 6 heteroatoms. The molecule has 1 unspecified atom stereocenters. The van der Waals surface area contributed by atoms with Gasteiger partial charge in [-0.3, -0.25) is 0 Å². The van der Waals surface area contributed by atoms with Crippen LogP contribution in [0.2, 0.25) is 5.15 Å². The summed E-state index contributed by atoms with van der Waals surface area (Å²) in [5.41, 5.74) is -0.740. The minimum Gasteiger partial charge on any atom is -0.354 e. The van der Waals surface area contributed by atoms with Gasteiger partial charge in [0.05, 0.1) is 5.56 Å². The van der Waals surface area contributed by atoms with Crippen molar-refractivity contribution in [1.29, 1.82) is 0 Å². The van der Waals surface area contributed by atoms with Gasteiger partial charge >= 0.3 is 6.18 Å². The Kier molecular flexibility index (Phi) is 3.71. The lowest BCUT2D eigenvalue weighted by Crippen LogP contribution is -2.38. The zero-order valence-electron chi connectivity index (χ0n) is 9.97. The number of hydrogen-bond acceptors (Lipinski definition) is 2. The molecule has 0 spiro atoms. The summed E-state index contributed by atoms with van der Waals surface area (Å²) in [6.45, 7) is 2.72. The average Bonchev–Trinajstić information content (AvgIpc) is 2.27. The summed E-state index contributed by atoms with van der Waals surface area (Å²) in [7, 11) is 0. The molecular formula is C12H14ClF3N2. The molecule has 1 aliphatic rings. The number of aromatic nitrogens is 1. The number of pyridine rings is 1. The molecule has 2 rings (SSSR count). The average molecular weight is 279 g/mol. The highest BCUT2D eigenvalue weighted by molar-refractivity contribution is 6.29. The third-order valence-corrected chi connectivity index (χ3v) is 3.40. The van der Waals surface area contributed by atoms with Gasteiger partial charge in [-0.05, 0) is 38.3 Å². The van der Waals surface area contributed by atoms with Crippen molar-refractivity contribution >= 4 is 17.4 Å². The fraction of sp³-hybridized carbons (Fsp3) is 0.583. The van der Waals surface area contributed by atoms with Gasteiger partial charge in [0, 0.05) is 12.6 Å². The number of halogens is 4. The second-order valence-electron chi connectivity index (χ2n) is 4.57. The predicted octanol–water partition coefficient (Wildman–Crippen LogP) is 4.13. The molecule has 1 saturated heterocycles. The van der Waals surface area contributed by atoms with Gasteiger partial charge in [-0.2, -0.15) is 13.2 Å². The smallest absolute Gasteiger partial charge is 0.354 e. The van der Waals surface area contributed by atoms with Gasteiger partial charge in [-0.1, -0.05) is 11.6 Å². The van der Waals surface area contributed by atoms with Crippen LogP contribution in [0.4, 0.5) is 19.0 Å². The molecule has 0 aromatic carbocycles. The molecule has 2 heterocycles. The third kappa shape index (κ3) is 2.88. The van der Waals surface area contributed by atoms with Crippen LogP contribution in [0.15, 0.2) is 12.1 Å². The number of anilines is 1. The van der Waals surface area contributed by atoms with E-state index in [0.29, 0.717) is 5.82 Å². The van der Waals surface area contributed by atoms with Crippen LogP contribution in [-0.2, 0) is 6.18 Å². The molecule has 1 atom stereocenters. The number of nitrogens with zero attached hydrogens (tertiary/aromatic N) is 2. The predicted molar refractivity (Wildman–Crippen MR) is 64.9 cm³/mol. The van der Waals surface area contributed by atoms with Crippen molar-refractivity contribution < 1.29 is 13.2 Å². The van der Waals surface area contributed by atoms with Gasteiger partial charge in [0.1, 0.15) is 11.0 Å². The van der Waals surface area contributed by atoms with Crippen LogP contribution in [0.25, 0.3) is 0 Å². The van der Waals surface area contributed by atoms with Gasteiger partial charge in [-0.15, -0.1) is 0 Å². The van der Waals surface area contributed by atoms with Crippen LogP contribution in [-0.4, -0.2) is 17.6 Å². The molecule has 0 radical (unpaired) electrons. The van der Waals surface area contributed by atoms with Crippen LogP contribution in [0, 0.1) is 0 Å². The lowest BCUT2D eigenvalue weighted by molar-refractivity contribution is -0.137. The highest BCUT2D eigenvalue weighted by Crippen LogP contribution is 2.34. The Hall–Kier alpha value is -0.970. The van der Waals surface area contributed by atoms with E-state index in [1.54, 1.807) is 0 Å². The zero-order chi connectivity index (χ0) is 13.3. The summed E-state index contributed by atoms with van der Waals surface area (Å²) in [5.74, 6) is 0.321. The molecule has 18 heavy (non-hydrogen) atoms. The molecule has 1 fully saturated rings.